The maximum atomic E-state index is 12.8. The Morgan fingerprint density at radius 1 is 1.29 bits per heavy atom. The van der Waals surface area contributed by atoms with Gasteiger partial charge in [0.25, 0.3) is 0 Å². The molecule has 0 amide bonds. The number of rotatable bonds is 2. The van der Waals surface area contributed by atoms with Crippen LogP contribution >= 0.6 is 0 Å². The average molecular weight is 241 g/mol. The number of hydrogen-bond acceptors (Lipinski definition) is 2. The van der Waals surface area contributed by atoms with Crippen molar-refractivity contribution < 1.29 is 13.2 Å². The van der Waals surface area contributed by atoms with Crippen LogP contribution in [-0.2, 0) is 12.7 Å². The zero-order chi connectivity index (χ0) is 12.5. The second kappa shape index (κ2) is 4.12. The summed E-state index contributed by atoms with van der Waals surface area (Å²) in [5.74, 6) is 0. The molecule has 0 aliphatic heterocycles. The molecule has 2 aromatic rings. The molecule has 0 bridgehead atoms. The minimum Gasteiger partial charge on any atom is -0.399 e. The van der Waals surface area contributed by atoms with E-state index in [1.807, 2.05) is 0 Å². The van der Waals surface area contributed by atoms with Crippen LogP contribution in [0, 0.1) is 0 Å². The summed E-state index contributed by atoms with van der Waals surface area (Å²) in [5.41, 5.74) is 4.91. The molecule has 2 rings (SSSR count). The number of nitrogen functional groups attached to an aromatic ring is 1. The van der Waals surface area contributed by atoms with Gasteiger partial charge in [-0.05, 0) is 23.8 Å². The first-order chi connectivity index (χ1) is 7.97. The first-order valence-corrected chi connectivity index (χ1v) is 4.90. The van der Waals surface area contributed by atoms with E-state index >= 15 is 0 Å². The van der Waals surface area contributed by atoms with Crippen LogP contribution in [0.1, 0.15) is 11.1 Å². The van der Waals surface area contributed by atoms with Crippen molar-refractivity contribution in [2.75, 3.05) is 5.73 Å². The van der Waals surface area contributed by atoms with Crippen molar-refractivity contribution in [1.82, 2.24) is 9.78 Å². The number of halogens is 3. The molecule has 0 spiro atoms. The van der Waals surface area contributed by atoms with E-state index in [0.717, 1.165) is 6.07 Å². The smallest absolute Gasteiger partial charge is 0.399 e. The Morgan fingerprint density at radius 2 is 2.06 bits per heavy atom. The maximum Gasteiger partial charge on any atom is 0.416 e. The molecule has 1 aromatic heterocycles. The highest BCUT2D eigenvalue weighted by atomic mass is 19.4. The second-order valence-corrected chi connectivity index (χ2v) is 3.62. The van der Waals surface area contributed by atoms with E-state index in [2.05, 4.69) is 5.10 Å². The molecule has 0 atom stereocenters. The highest BCUT2D eigenvalue weighted by Crippen LogP contribution is 2.33. The lowest BCUT2D eigenvalue weighted by atomic mass is 10.1. The molecule has 0 saturated heterocycles. The van der Waals surface area contributed by atoms with Crippen LogP contribution in [0.25, 0.3) is 0 Å². The number of alkyl halides is 3. The minimum absolute atomic E-state index is 0.0716. The quantitative estimate of drug-likeness (QED) is 0.821. The molecule has 0 radical (unpaired) electrons. The molecule has 1 heterocycles. The van der Waals surface area contributed by atoms with Crippen LogP contribution in [0.5, 0.6) is 0 Å². The predicted octanol–water partition coefficient (Wildman–Crippen LogP) is 2.53. The molecule has 1 aromatic carbocycles. The molecule has 0 fully saturated rings. The Morgan fingerprint density at radius 3 is 2.65 bits per heavy atom. The largest absolute Gasteiger partial charge is 0.416 e. The maximum absolute atomic E-state index is 12.8. The molecule has 0 aliphatic carbocycles. The summed E-state index contributed by atoms with van der Waals surface area (Å²) in [6.07, 6.45) is -1.28. The van der Waals surface area contributed by atoms with Crippen molar-refractivity contribution in [2.24, 2.45) is 0 Å². The number of benzene rings is 1. The molecule has 0 unspecified atom stereocenters. The standard InChI is InChI=1S/C11H10F3N3/c12-11(13,14)10-6-9(15)3-2-8(10)7-17-5-1-4-16-17/h1-6H,7,15H2. The van der Waals surface area contributed by atoms with Crippen molar-refractivity contribution in [3.05, 3.63) is 47.8 Å². The van der Waals surface area contributed by atoms with E-state index in [0.29, 0.717) is 0 Å². The van der Waals surface area contributed by atoms with E-state index in [1.165, 1.54) is 23.0 Å². The summed E-state index contributed by atoms with van der Waals surface area (Å²) in [7, 11) is 0. The number of anilines is 1. The zero-order valence-corrected chi connectivity index (χ0v) is 8.78. The van der Waals surface area contributed by atoms with Crippen LogP contribution < -0.4 is 5.73 Å². The Labute approximate surface area is 95.7 Å². The van der Waals surface area contributed by atoms with Gasteiger partial charge in [-0.3, -0.25) is 4.68 Å². The van der Waals surface area contributed by atoms with E-state index < -0.39 is 11.7 Å². The molecule has 2 N–H and O–H groups in total. The van der Waals surface area contributed by atoms with Gasteiger partial charge in [0.1, 0.15) is 0 Å². The summed E-state index contributed by atoms with van der Waals surface area (Å²) in [5, 5.41) is 3.88. The number of hydrogen-bond donors (Lipinski definition) is 1. The van der Waals surface area contributed by atoms with Crippen molar-refractivity contribution in [3.8, 4) is 0 Å². The SMILES string of the molecule is Nc1ccc(Cn2cccn2)c(C(F)(F)F)c1. The molecular formula is C11H10F3N3. The monoisotopic (exact) mass is 241 g/mol. The summed E-state index contributed by atoms with van der Waals surface area (Å²) >= 11 is 0. The molecule has 0 saturated carbocycles. The van der Waals surface area contributed by atoms with Gasteiger partial charge in [0.2, 0.25) is 0 Å². The highest BCUT2D eigenvalue weighted by Gasteiger charge is 2.33. The third-order valence-corrected chi connectivity index (χ3v) is 2.33. The van der Waals surface area contributed by atoms with Crippen LogP contribution in [0.4, 0.5) is 18.9 Å². The normalized spacial score (nSPS) is 11.7. The molecular weight excluding hydrogens is 231 g/mol. The fraction of sp³-hybridized carbons (Fsp3) is 0.182. The van der Waals surface area contributed by atoms with Crippen LogP contribution in [0.2, 0.25) is 0 Å². The van der Waals surface area contributed by atoms with Gasteiger partial charge in [-0.15, -0.1) is 0 Å². The second-order valence-electron chi connectivity index (χ2n) is 3.62. The van der Waals surface area contributed by atoms with Crippen LogP contribution in [0.3, 0.4) is 0 Å². The molecule has 3 nitrogen and oxygen atoms in total. The Balaban J connectivity index is 2.40. The van der Waals surface area contributed by atoms with Gasteiger partial charge in [0, 0.05) is 18.1 Å². The lowest BCUT2D eigenvalue weighted by Gasteiger charge is -2.13. The van der Waals surface area contributed by atoms with Gasteiger partial charge < -0.3 is 5.73 Å². The summed E-state index contributed by atoms with van der Waals surface area (Å²) in [6.45, 7) is 0.0716. The van der Waals surface area contributed by atoms with E-state index in [1.54, 1.807) is 12.3 Å². The van der Waals surface area contributed by atoms with E-state index in [-0.39, 0.29) is 17.8 Å². The average Bonchev–Trinajstić information content (AvgIpc) is 2.72. The van der Waals surface area contributed by atoms with Crippen molar-refractivity contribution in [2.45, 2.75) is 12.7 Å². The Hall–Kier alpha value is -1.98. The topological polar surface area (TPSA) is 43.8 Å². The fourth-order valence-corrected chi connectivity index (χ4v) is 1.56. The van der Waals surface area contributed by atoms with Gasteiger partial charge in [-0.25, -0.2) is 0 Å². The summed E-state index contributed by atoms with van der Waals surface area (Å²) in [6, 6.07) is 5.43. The Bertz CT molecular complexity index is 503. The summed E-state index contributed by atoms with van der Waals surface area (Å²) < 4.78 is 39.7. The van der Waals surface area contributed by atoms with E-state index in [9.17, 15) is 13.2 Å². The third-order valence-electron chi connectivity index (χ3n) is 2.33. The molecule has 17 heavy (non-hydrogen) atoms. The van der Waals surface area contributed by atoms with Crippen molar-refractivity contribution in [3.63, 3.8) is 0 Å². The third kappa shape index (κ3) is 2.58. The number of aromatic nitrogens is 2. The van der Waals surface area contributed by atoms with E-state index in [4.69, 9.17) is 5.73 Å². The van der Waals surface area contributed by atoms with Crippen molar-refractivity contribution >= 4 is 5.69 Å². The van der Waals surface area contributed by atoms with Gasteiger partial charge in [-0.2, -0.15) is 18.3 Å². The molecule has 90 valence electrons. The van der Waals surface area contributed by atoms with Gasteiger partial charge in [0.15, 0.2) is 0 Å². The molecule has 6 heteroatoms. The predicted molar refractivity (Wildman–Crippen MR) is 57.2 cm³/mol. The highest BCUT2D eigenvalue weighted by molar-refractivity contribution is 5.46. The molecule has 0 aliphatic rings. The first-order valence-electron chi connectivity index (χ1n) is 4.90. The van der Waals surface area contributed by atoms with Crippen LogP contribution in [-0.4, -0.2) is 9.78 Å². The zero-order valence-electron chi connectivity index (χ0n) is 8.78. The number of nitrogens with zero attached hydrogens (tertiary/aromatic N) is 2. The summed E-state index contributed by atoms with van der Waals surface area (Å²) in [4.78, 5) is 0. The Kier molecular flexibility index (Phi) is 2.79. The first kappa shape index (κ1) is 11.5. The van der Waals surface area contributed by atoms with Crippen molar-refractivity contribution in [1.29, 1.82) is 0 Å². The lowest BCUT2D eigenvalue weighted by Crippen LogP contribution is -2.12. The fourth-order valence-electron chi connectivity index (χ4n) is 1.56. The number of nitrogens with two attached hydrogens (primary N) is 1. The minimum atomic E-state index is -4.40. The lowest BCUT2D eigenvalue weighted by molar-refractivity contribution is -0.138. The van der Waals surface area contributed by atoms with Gasteiger partial charge in [-0.1, -0.05) is 6.07 Å². The van der Waals surface area contributed by atoms with Crippen LogP contribution in [0.15, 0.2) is 36.7 Å². The van der Waals surface area contributed by atoms with Gasteiger partial charge >= 0.3 is 6.18 Å². The van der Waals surface area contributed by atoms with Gasteiger partial charge in [0.05, 0.1) is 12.1 Å².